The molecule has 0 aliphatic carbocycles. The van der Waals surface area contributed by atoms with Crippen LogP contribution in [0.3, 0.4) is 0 Å². The fourth-order valence-corrected chi connectivity index (χ4v) is 4.90. The first kappa shape index (κ1) is 20.0. The molecule has 0 saturated carbocycles. The summed E-state index contributed by atoms with van der Waals surface area (Å²) in [6.45, 7) is 8.07. The summed E-state index contributed by atoms with van der Waals surface area (Å²) < 4.78 is 0. The van der Waals surface area contributed by atoms with Gasteiger partial charge in [0.1, 0.15) is 0 Å². The van der Waals surface area contributed by atoms with Crippen molar-refractivity contribution in [2.45, 2.75) is 32.2 Å². The average molecular weight is 398 g/mol. The Labute approximate surface area is 172 Å². The Kier molecular flexibility index (Phi) is 5.96. The number of aryl methyl sites for hydroxylation is 1. The third-order valence-electron chi connectivity index (χ3n) is 6.58. The number of aromatic nitrogens is 2. The van der Waals surface area contributed by atoms with Gasteiger partial charge in [-0.25, -0.2) is 0 Å². The van der Waals surface area contributed by atoms with Crippen molar-refractivity contribution < 1.29 is 9.90 Å². The van der Waals surface area contributed by atoms with E-state index in [-0.39, 0.29) is 6.42 Å². The summed E-state index contributed by atoms with van der Waals surface area (Å²) in [5.41, 5.74) is 0.944. The van der Waals surface area contributed by atoms with Crippen LogP contribution in [0.4, 0.5) is 5.82 Å². The number of carbonyl (C=O) groups is 1. The predicted octanol–water partition coefficient (Wildman–Crippen LogP) is 2.25. The fraction of sp³-hybridized carbons (Fsp3) is 0.591. The number of benzene rings is 1. The molecule has 0 spiro atoms. The maximum absolute atomic E-state index is 11.3. The summed E-state index contributed by atoms with van der Waals surface area (Å²) in [5, 5.41) is 20.5. The highest BCUT2D eigenvalue weighted by Gasteiger charge is 2.35. The van der Waals surface area contributed by atoms with Gasteiger partial charge in [0.2, 0.25) is 0 Å². The van der Waals surface area contributed by atoms with E-state index in [1.54, 1.807) is 0 Å². The second kappa shape index (κ2) is 8.63. The van der Waals surface area contributed by atoms with Crippen LogP contribution in [-0.4, -0.2) is 83.4 Å². The Hall–Kier alpha value is -2.25. The van der Waals surface area contributed by atoms with Crippen LogP contribution in [0.2, 0.25) is 0 Å². The molecule has 0 unspecified atom stereocenters. The van der Waals surface area contributed by atoms with Crippen molar-refractivity contribution >= 4 is 22.6 Å². The first-order valence-corrected chi connectivity index (χ1v) is 10.6. The number of likely N-dealkylation sites (N-methyl/N-ethyl adjacent to an activating group) is 1. The third-order valence-corrected chi connectivity index (χ3v) is 6.58. The van der Waals surface area contributed by atoms with Crippen molar-refractivity contribution in [3.05, 3.63) is 30.0 Å². The molecule has 3 heterocycles. The summed E-state index contributed by atoms with van der Waals surface area (Å²) in [5.74, 6) is 0.549. The van der Waals surface area contributed by atoms with Gasteiger partial charge in [-0.15, -0.1) is 5.10 Å². The molecular formula is C22H31N5O2. The maximum Gasteiger partial charge on any atom is 0.303 e. The van der Waals surface area contributed by atoms with Gasteiger partial charge >= 0.3 is 5.97 Å². The number of carboxylic acid groups (broad SMARTS) is 1. The van der Waals surface area contributed by atoms with Crippen LogP contribution in [0.5, 0.6) is 0 Å². The Bertz CT molecular complexity index is 865. The molecule has 29 heavy (non-hydrogen) atoms. The predicted molar refractivity (Wildman–Crippen MR) is 114 cm³/mol. The van der Waals surface area contributed by atoms with Crippen molar-refractivity contribution in [3.8, 4) is 0 Å². The molecule has 2 aliphatic heterocycles. The molecule has 1 aromatic carbocycles. The zero-order chi connectivity index (χ0) is 20.4. The number of anilines is 1. The lowest BCUT2D eigenvalue weighted by molar-refractivity contribution is -0.137. The molecule has 2 saturated heterocycles. The Morgan fingerprint density at radius 3 is 2.55 bits per heavy atom. The van der Waals surface area contributed by atoms with Crippen molar-refractivity contribution in [1.82, 2.24) is 20.0 Å². The monoisotopic (exact) mass is 397 g/mol. The van der Waals surface area contributed by atoms with Gasteiger partial charge in [-0.05, 0) is 32.7 Å². The maximum atomic E-state index is 11.3. The molecule has 1 aromatic heterocycles. The second-order valence-electron chi connectivity index (χ2n) is 8.49. The van der Waals surface area contributed by atoms with Gasteiger partial charge < -0.3 is 14.9 Å². The van der Waals surface area contributed by atoms with E-state index in [0.29, 0.717) is 18.4 Å². The van der Waals surface area contributed by atoms with Crippen molar-refractivity contribution in [1.29, 1.82) is 0 Å². The number of hydrogen-bond donors (Lipinski definition) is 1. The van der Waals surface area contributed by atoms with Crippen LogP contribution < -0.4 is 4.90 Å². The Balaban J connectivity index is 1.57. The summed E-state index contributed by atoms with van der Waals surface area (Å²) in [6, 6.07) is 8.75. The number of piperazine rings is 1. The number of hydrogen-bond acceptors (Lipinski definition) is 6. The number of piperidine rings is 1. The highest BCUT2D eigenvalue weighted by molar-refractivity contribution is 5.93. The minimum Gasteiger partial charge on any atom is -0.481 e. The van der Waals surface area contributed by atoms with Crippen LogP contribution in [0.1, 0.15) is 25.0 Å². The lowest BCUT2D eigenvalue weighted by Gasteiger charge is -2.46. The molecule has 2 fully saturated rings. The number of fused-ring (bicyclic) bond motifs is 1. The minimum atomic E-state index is -0.708. The number of carboxylic acids is 1. The standard InChI is InChI=1S/C22H31N5O2/c1-16-18-5-3-4-6-19(18)22(24-23-16)27-10-9-20(17(15-27)7-8-21(28)29)26-13-11-25(2)12-14-26/h3-6,17,20H,7-15H2,1-2H3,(H,28,29)/t17-,20+/m0/s1. The van der Waals surface area contributed by atoms with Gasteiger partial charge in [0.05, 0.1) is 5.69 Å². The highest BCUT2D eigenvalue weighted by atomic mass is 16.4. The Morgan fingerprint density at radius 1 is 1.10 bits per heavy atom. The van der Waals surface area contributed by atoms with E-state index >= 15 is 0 Å². The zero-order valence-electron chi connectivity index (χ0n) is 17.4. The van der Waals surface area contributed by atoms with E-state index in [0.717, 1.165) is 68.0 Å². The van der Waals surface area contributed by atoms with Gasteiger partial charge in [-0.2, -0.15) is 5.10 Å². The molecule has 7 heteroatoms. The molecule has 1 N–H and O–H groups in total. The van der Waals surface area contributed by atoms with E-state index in [4.69, 9.17) is 0 Å². The van der Waals surface area contributed by atoms with Gasteiger partial charge in [0, 0.05) is 62.5 Å². The summed E-state index contributed by atoms with van der Waals surface area (Å²) in [7, 11) is 2.17. The van der Waals surface area contributed by atoms with E-state index < -0.39 is 5.97 Å². The topological polar surface area (TPSA) is 72.8 Å². The largest absolute Gasteiger partial charge is 0.481 e. The van der Waals surface area contributed by atoms with E-state index in [1.165, 1.54) is 0 Å². The van der Waals surface area contributed by atoms with Crippen molar-refractivity contribution in [3.63, 3.8) is 0 Å². The molecule has 0 bridgehead atoms. The van der Waals surface area contributed by atoms with Crippen LogP contribution in [0, 0.1) is 12.8 Å². The lowest BCUT2D eigenvalue weighted by Crippen LogP contribution is -2.56. The third kappa shape index (κ3) is 4.36. The fourth-order valence-electron chi connectivity index (χ4n) is 4.90. The SMILES string of the molecule is Cc1nnc(N2CC[C@@H](N3CCN(C)CC3)[C@@H](CCC(=O)O)C2)c2ccccc12. The first-order chi connectivity index (χ1) is 14.0. The number of rotatable bonds is 5. The Morgan fingerprint density at radius 2 is 1.83 bits per heavy atom. The van der Waals surface area contributed by atoms with Crippen molar-refractivity contribution in [2.24, 2.45) is 5.92 Å². The smallest absolute Gasteiger partial charge is 0.303 e. The van der Waals surface area contributed by atoms with Crippen LogP contribution in [0.25, 0.3) is 10.8 Å². The molecule has 2 aromatic rings. The van der Waals surface area contributed by atoms with E-state index in [2.05, 4.69) is 44.1 Å². The summed E-state index contributed by atoms with van der Waals surface area (Å²) in [6.07, 6.45) is 1.97. The summed E-state index contributed by atoms with van der Waals surface area (Å²) >= 11 is 0. The van der Waals surface area contributed by atoms with Gasteiger partial charge in [0.25, 0.3) is 0 Å². The molecule has 0 amide bonds. The van der Waals surface area contributed by atoms with Gasteiger partial charge in [-0.1, -0.05) is 24.3 Å². The molecule has 2 aliphatic rings. The molecule has 0 radical (unpaired) electrons. The highest BCUT2D eigenvalue weighted by Crippen LogP contribution is 2.32. The second-order valence-corrected chi connectivity index (χ2v) is 8.49. The number of aliphatic carboxylic acids is 1. The molecule has 7 nitrogen and oxygen atoms in total. The van der Waals surface area contributed by atoms with Crippen LogP contribution in [-0.2, 0) is 4.79 Å². The summed E-state index contributed by atoms with van der Waals surface area (Å²) in [4.78, 5) is 18.6. The average Bonchev–Trinajstić information content (AvgIpc) is 2.73. The lowest BCUT2D eigenvalue weighted by atomic mass is 9.86. The number of nitrogens with zero attached hydrogens (tertiary/aromatic N) is 5. The van der Waals surface area contributed by atoms with Crippen molar-refractivity contribution in [2.75, 3.05) is 51.2 Å². The van der Waals surface area contributed by atoms with Crippen LogP contribution in [0.15, 0.2) is 24.3 Å². The molecular weight excluding hydrogens is 366 g/mol. The molecule has 2 atom stereocenters. The molecule has 4 rings (SSSR count). The first-order valence-electron chi connectivity index (χ1n) is 10.6. The molecule has 156 valence electrons. The minimum absolute atomic E-state index is 0.225. The quantitative estimate of drug-likeness (QED) is 0.829. The van der Waals surface area contributed by atoms with E-state index in [1.807, 2.05) is 19.1 Å². The zero-order valence-corrected chi connectivity index (χ0v) is 17.4. The van der Waals surface area contributed by atoms with Gasteiger partial charge in [-0.3, -0.25) is 9.69 Å². The normalized spacial score (nSPS) is 24.1. The van der Waals surface area contributed by atoms with Gasteiger partial charge in [0.15, 0.2) is 5.82 Å². The van der Waals surface area contributed by atoms with E-state index in [9.17, 15) is 9.90 Å². The van der Waals surface area contributed by atoms with Crippen LogP contribution >= 0.6 is 0 Å².